The molecule has 1 aliphatic heterocycles. The standard InChI is InChI=1S/C16H23FN2O/c1-12-5-6-14(11-15(12)17)13(2)18-8-7-16(20)19-9-3-4-10-19/h5-6,11,13,18H,3-4,7-10H2,1-2H3. The molecule has 0 saturated carbocycles. The maximum absolute atomic E-state index is 13.5. The fraction of sp³-hybridized carbons (Fsp3) is 0.562. The maximum atomic E-state index is 13.5. The molecule has 1 aromatic rings. The van der Waals surface area contributed by atoms with E-state index in [0.29, 0.717) is 18.5 Å². The Bertz CT molecular complexity index is 470. The van der Waals surface area contributed by atoms with Gasteiger partial charge in [0.2, 0.25) is 5.91 Å². The summed E-state index contributed by atoms with van der Waals surface area (Å²) in [6.07, 6.45) is 2.76. The lowest BCUT2D eigenvalue weighted by atomic mass is 10.1. The van der Waals surface area contributed by atoms with E-state index in [9.17, 15) is 9.18 Å². The maximum Gasteiger partial charge on any atom is 0.223 e. The SMILES string of the molecule is Cc1ccc(C(C)NCCC(=O)N2CCCC2)cc1F. The number of hydrogen-bond donors (Lipinski definition) is 1. The summed E-state index contributed by atoms with van der Waals surface area (Å²) in [5.74, 6) is 0.0431. The van der Waals surface area contributed by atoms with Crippen LogP contribution in [0.2, 0.25) is 0 Å². The molecule has 1 unspecified atom stereocenters. The van der Waals surface area contributed by atoms with Crippen LogP contribution >= 0.6 is 0 Å². The topological polar surface area (TPSA) is 32.3 Å². The monoisotopic (exact) mass is 278 g/mol. The highest BCUT2D eigenvalue weighted by Gasteiger charge is 2.17. The van der Waals surface area contributed by atoms with Gasteiger partial charge in [-0.05, 0) is 43.9 Å². The summed E-state index contributed by atoms with van der Waals surface area (Å²) in [4.78, 5) is 13.8. The molecule has 1 fully saturated rings. The number of likely N-dealkylation sites (tertiary alicyclic amines) is 1. The van der Waals surface area contributed by atoms with Crippen LogP contribution in [0, 0.1) is 12.7 Å². The Morgan fingerprint density at radius 3 is 2.75 bits per heavy atom. The number of rotatable bonds is 5. The second kappa shape index (κ2) is 6.84. The second-order valence-corrected chi connectivity index (χ2v) is 5.52. The van der Waals surface area contributed by atoms with Crippen molar-refractivity contribution >= 4 is 5.91 Å². The average Bonchev–Trinajstić information content (AvgIpc) is 2.95. The number of nitrogens with zero attached hydrogens (tertiary/aromatic N) is 1. The van der Waals surface area contributed by atoms with E-state index in [1.807, 2.05) is 17.9 Å². The Morgan fingerprint density at radius 1 is 1.40 bits per heavy atom. The number of hydrogen-bond acceptors (Lipinski definition) is 2. The van der Waals surface area contributed by atoms with E-state index >= 15 is 0 Å². The van der Waals surface area contributed by atoms with Crippen molar-refractivity contribution in [2.45, 2.75) is 39.2 Å². The predicted octanol–water partition coefficient (Wildman–Crippen LogP) is 2.80. The van der Waals surface area contributed by atoms with Crippen LogP contribution in [0.5, 0.6) is 0 Å². The number of halogens is 1. The number of nitrogens with one attached hydrogen (secondary N) is 1. The Kier molecular flexibility index (Phi) is 5.12. The van der Waals surface area contributed by atoms with Crippen LogP contribution in [0.25, 0.3) is 0 Å². The van der Waals surface area contributed by atoms with Crippen molar-refractivity contribution in [1.82, 2.24) is 10.2 Å². The van der Waals surface area contributed by atoms with E-state index in [1.54, 1.807) is 19.1 Å². The van der Waals surface area contributed by atoms with Gasteiger partial charge in [0.25, 0.3) is 0 Å². The van der Waals surface area contributed by atoms with Gasteiger partial charge in [-0.2, -0.15) is 0 Å². The van der Waals surface area contributed by atoms with Crippen molar-refractivity contribution in [2.75, 3.05) is 19.6 Å². The Hall–Kier alpha value is -1.42. The van der Waals surface area contributed by atoms with E-state index in [4.69, 9.17) is 0 Å². The van der Waals surface area contributed by atoms with Gasteiger partial charge >= 0.3 is 0 Å². The first-order valence-electron chi connectivity index (χ1n) is 7.35. The summed E-state index contributed by atoms with van der Waals surface area (Å²) in [5, 5.41) is 3.29. The van der Waals surface area contributed by atoms with Gasteiger partial charge in [-0.15, -0.1) is 0 Å². The molecule has 20 heavy (non-hydrogen) atoms. The van der Waals surface area contributed by atoms with Crippen LogP contribution in [0.15, 0.2) is 18.2 Å². The van der Waals surface area contributed by atoms with E-state index < -0.39 is 0 Å². The highest BCUT2D eigenvalue weighted by molar-refractivity contribution is 5.76. The molecule has 3 nitrogen and oxygen atoms in total. The predicted molar refractivity (Wildman–Crippen MR) is 78.0 cm³/mol. The fourth-order valence-corrected chi connectivity index (χ4v) is 2.52. The molecule has 2 rings (SSSR count). The van der Waals surface area contributed by atoms with Crippen LogP contribution in [0.4, 0.5) is 4.39 Å². The molecule has 1 heterocycles. The van der Waals surface area contributed by atoms with Crippen molar-refractivity contribution in [2.24, 2.45) is 0 Å². The minimum atomic E-state index is -0.177. The Morgan fingerprint density at radius 2 is 2.10 bits per heavy atom. The van der Waals surface area contributed by atoms with Crippen molar-refractivity contribution in [3.63, 3.8) is 0 Å². The summed E-state index contributed by atoms with van der Waals surface area (Å²) in [6.45, 7) is 6.18. The highest BCUT2D eigenvalue weighted by Crippen LogP contribution is 2.16. The molecule has 1 aromatic carbocycles. The van der Waals surface area contributed by atoms with Crippen LogP contribution in [-0.4, -0.2) is 30.4 Å². The number of amides is 1. The van der Waals surface area contributed by atoms with Gasteiger partial charge in [-0.3, -0.25) is 4.79 Å². The third-order valence-corrected chi connectivity index (χ3v) is 3.94. The van der Waals surface area contributed by atoms with E-state index in [-0.39, 0.29) is 17.8 Å². The van der Waals surface area contributed by atoms with Crippen LogP contribution in [-0.2, 0) is 4.79 Å². The zero-order chi connectivity index (χ0) is 14.5. The molecular formula is C16H23FN2O. The largest absolute Gasteiger partial charge is 0.343 e. The van der Waals surface area contributed by atoms with E-state index in [2.05, 4.69) is 5.32 Å². The molecule has 1 amide bonds. The molecule has 1 N–H and O–H groups in total. The number of carbonyl (C=O) groups excluding carboxylic acids is 1. The first-order valence-corrected chi connectivity index (χ1v) is 7.35. The molecule has 0 radical (unpaired) electrons. The van der Waals surface area contributed by atoms with Crippen molar-refractivity contribution in [3.8, 4) is 0 Å². The van der Waals surface area contributed by atoms with Gasteiger partial charge < -0.3 is 10.2 Å². The first-order chi connectivity index (χ1) is 9.58. The van der Waals surface area contributed by atoms with Crippen molar-refractivity contribution < 1.29 is 9.18 Å². The van der Waals surface area contributed by atoms with Crippen molar-refractivity contribution in [3.05, 3.63) is 35.1 Å². The average molecular weight is 278 g/mol. The van der Waals surface area contributed by atoms with Crippen LogP contribution in [0.1, 0.15) is 43.4 Å². The smallest absolute Gasteiger partial charge is 0.223 e. The minimum absolute atomic E-state index is 0.0523. The summed E-state index contributed by atoms with van der Waals surface area (Å²) in [6, 6.07) is 5.34. The van der Waals surface area contributed by atoms with Gasteiger partial charge in [-0.1, -0.05) is 12.1 Å². The normalized spacial score (nSPS) is 16.4. The lowest BCUT2D eigenvalue weighted by Gasteiger charge is -2.18. The molecule has 4 heteroatoms. The quantitative estimate of drug-likeness (QED) is 0.898. The lowest BCUT2D eigenvalue weighted by Crippen LogP contribution is -2.31. The number of aryl methyl sites for hydroxylation is 1. The summed E-state index contributed by atoms with van der Waals surface area (Å²) >= 11 is 0. The molecule has 0 aliphatic carbocycles. The van der Waals surface area contributed by atoms with Crippen LogP contribution in [0.3, 0.4) is 0 Å². The minimum Gasteiger partial charge on any atom is -0.343 e. The van der Waals surface area contributed by atoms with Gasteiger partial charge in [0, 0.05) is 32.1 Å². The third-order valence-electron chi connectivity index (χ3n) is 3.94. The molecule has 110 valence electrons. The highest BCUT2D eigenvalue weighted by atomic mass is 19.1. The zero-order valence-electron chi connectivity index (χ0n) is 12.3. The number of benzene rings is 1. The van der Waals surface area contributed by atoms with Gasteiger partial charge in [0.1, 0.15) is 5.82 Å². The van der Waals surface area contributed by atoms with Crippen molar-refractivity contribution in [1.29, 1.82) is 0 Å². The van der Waals surface area contributed by atoms with Gasteiger partial charge in [0.15, 0.2) is 0 Å². The molecule has 0 aromatic heterocycles. The molecule has 1 aliphatic rings. The first kappa shape index (κ1) is 15.0. The van der Waals surface area contributed by atoms with Gasteiger partial charge in [-0.25, -0.2) is 4.39 Å². The molecule has 0 spiro atoms. The molecule has 1 atom stereocenters. The molecule has 0 bridgehead atoms. The molecular weight excluding hydrogens is 255 g/mol. The summed E-state index contributed by atoms with van der Waals surface area (Å²) in [7, 11) is 0. The van der Waals surface area contributed by atoms with E-state index in [1.165, 1.54) is 0 Å². The summed E-state index contributed by atoms with van der Waals surface area (Å²) < 4.78 is 13.5. The summed E-state index contributed by atoms with van der Waals surface area (Å²) in [5.41, 5.74) is 1.58. The zero-order valence-corrected chi connectivity index (χ0v) is 12.3. The molecule has 1 saturated heterocycles. The van der Waals surface area contributed by atoms with Crippen LogP contribution < -0.4 is 5.32 Å². The number of carbonyl (C=O) groups is 1. The third kappa shape index (κ3) is 3.79. The van der Waals surface area contributed by atoms with E-state index in [0.717, 1.165) is 31.5 Å². The Labute approximate surface area is 120 Å². The second-order valence-electron chi connectivity index (χ2n) is 5.52. The Balaban J connectivity index is 1.78. The van der Waals surface area contributed by atoms with Gasteiger partial charge in [0.05, 0.1) is 0 Å². The lowest BCUT2D eigenvalue weighted by molar-refractivity contribution is -0.130. The fourth-order valence-electron chi connectivity index (χ4n) is 2.52.